The molecule has 8 heteroatoms. The van der Waals surface area contributed by atoms with Crippen LogP contribution >= 0.6 is 22.7 Å². The van der Waals surface area contributed by atoms with Gasteiger partial charge in [0.25, 0.3) is 5.91 Å². The molecule has 0 spiro atoms. The third kappa shape index (κ3) is 3.63. The first-order chi connectivity index (χ1) is 13.7. The number of aromatic nitrogens is 2. The first-order valence-corrected chi connectivity index (χ1v) is 10.8. The van der Waals surface area contributed by atoms with Crippen molar-refractivity contribution >= 4 is 28.6 Å². The van der Waals surface area contributed by atoms with E-state index in [-0.39, 0.29) is 12.0 Å². The standard InChI is InChI=1S/C20H18N4O2S2/c1-13-14(9-21)4-6-22-19(13)26-15-3-2-7-24(10-15)20(25)16-5-8-28-18(16)17-11-27-12-23-17/h4-6,8,11-12,15H,2-3,7,10H2,1H3/t15-/m1/s1. The summed E-state index contributed by atoms with van der Waals surface area (Å²) in [6, 6.07) is 5.69. The van der Waals surface area contributed by atoms with E-state index < -0.39 is 0 Å². The van der Waals surface area contributed by atoms with E-state index in [4.69, 9.17) is 4.74 Å². The van der Waals surface area contributed by atoms with Crippen LogP contribution in [-0.4, -0.2) is 40.0 Å². The van der Waals surface area contributed by atoms with Crippen LogP contribution in [0.15, 0.2) is 34.6 Å². The van der Waals surface area contributed by atoms with Gasteiger partial charge in [0, 0.05) is 23.7 Å². The maximum absolute atomic E-state index is 13.1. The van der Waals surface area contributed by atoms with Crippen molar-refractivity contribution in [2.75, 3.05) is 13.1 Å². The quantitative estimate of drug-likeness (QED) is 0.646. The van der Waals surface area contributed by atoms with Crippen LogP contribution in [0.1, 0.15) is 34.3 Å². The number of thiophene rings is 1. The predicted molar refractivity (Wildman–Crippen MR) is 109 cm³/mol. The Morgan fingerprint density at radius 2 is 2.29 bits per heavy atom. The fraction of sp³-hybridized carbons (Fsp3) is 0.300. The van der Waals surface area contributed by atoms with Crippen molar-refractivity contribution < 1.29 is 9.53 Å². The number of carbonyl (C=O) groups excluding carboxylic acids is 1. The van der Waals surface area contributed by atoms with Gasteiger partial charge in [0.2, 0.25) is 5.88 Å². The number of hydrogen-bond donors (Lipinski definition) is 0. The minimum atomic E-state index is -0.140. The fourth-order valence-electron chi connectivity index (χ4n) is 3.30. The van der Waals surface area contributed by atoms with E-state index in [0.29, 0.717) is 30.1 Å². The molecule has 0 N–H and O–H groups in total. The van der Waals surface area contributed by atoms with Crippen molar-refractivity contribution in [1.29, 1.82) is 5.26 Å². The third-order valence-corrected chi connectivity index (χ3v) is 6.31. The zero-order valence-corrected chi connectivity index (χ0v) is 16.9. The number of ether oxygens (including phenoxy) is 1. The van der Waals surface area contributed by atoms with Crippen molar-refractivity contribution in [2.24, 2.45) is 0 Å². The molecule has 4 heterocycles. The Hall–Kier alpha value is -2.76. The van der Waals surface area contributed by atoms with Crippen LogP contribution in [0.2, 0.25) is 0 Å². The van der Waals surface area contributed by atoms with Gasteiger partial charge in [-0.05, 0) is 37.3 Å². The zero-order valence-electron chi connectivity index (χ0n) is 15.3. The minimum Gasteiger partial charge on any atom is -0.472 e. The lowest BCUT2D eigenvalue weighted by Gasteiger charge is -2.33. The van der Waals surface area contributed by atoms with Crippen molar-refractivity contribution in [1.82, 2.24) is 14.9 Å². The molecule has 3 aromatic rings. The summed E-state index contributed by atoms with van der Waals surface area (Å²) < 4.78 is 6.06. The van der Waals surface area contributed by atoms with Crippen molar-refractivity contribution in [2.45, 2.75) is 25.9 Å². The minimum absolute atomic E-state index is 0.00741. The van der Waals surface area contributed by atoms with Crippen LogP contribution in [0, 0.1) is 18.3 Å². The first kappa shape index (κ1) is 18.6. The number of pyridine rings is 1. The fourth-order valence-corrected chi connectivity index (χ4v) is 4.78. The molecule has 1 saturated heterocycles. The van der Waals surface area contributed by atoms with Gasteiger partial charge in [0.05, 0.1) is 39.8 Å². The topological polar surface area (TPSA) is 79.1 Å². The van der Waals surface area contributed by atoms with E-state index in [1.165, 1.54) is 22.7 Å². The van der Waals surface area contributed by atoms with Gasteiger partial charge in [0.15, 0.2) is 0 Å². The Kier molecular flexibility index (Phi) is 5.37. The number of piperidine rings is 1. The number of carbonyl (C=O) groups is 1. The Bertz CT molecular complexity index is 1020. The lowest BCUT2D eigenvalue weighted by Crippen LogP contribution is -2.44. The highest BCUT2D eigenvalue weighted by Gasteiger charge is 2.28. The highest BCUT2D eigenvalue weighted by atomic mass is 32.1. The highest BCUT2D eigenvalue weighted by Crippen LogP contribution is 2.31. The van der Waals surface area contributed by atoms with Gasteiger partial charge in [-0.15, -0.1) is 22.7 Å². The lowest BCUT2D eigenvalue weighted by atomic mass is 10.1. The van der Waals surface area contributed by atoms with Crippen molar-refractivity contribution in [3.05, 3.63) is 51.3 Å². The lowest BCUT2D eigenvalue weighted by molar-refractivity contribution is 0.0527. The summed E-state index contributed by atoms with van der Waals surface area (Å²) in [5, 5.41) is 13.1. The third-order valence-electron chi connectivity index (χ3n) is 4.78. The van der Waals surface area contributed by atoms with E-state index in [2.05, 4.69) is 16.0 Å². The summed E-state index contributed by atoms with van der Waals surface area (Å²) in [5.74, 6) is 0.477. The summed E-state index contributed by atoms with van der Waals surface area (Å²) in [5.41, 5.74) is 4.61. The molecule has 142 valence electrons. The van der Waals surface area contributed by atoms with E-state index in [9.17, 15) is 10.1 Å². The molecule has 0 aliphatic carbocycles. The van der Waals surface area contributed by atoms with Gasteiger partial charge in [-0.2, -0.15) is 5.26 Å². The van der Waals surface area contributed by atoms with Gasteiger partial charge in [-0.3, -0.25) is 4.79 Å². The van der Waals surface area contributed by atoms with Gasteiger partial charge in [-0.1, -0.05) is 0 Å². The molecule has 0 radical (unpaired) electrons. The van der Waals surface area contributed by atoms with E-state index in [1.807, 2.05) is 28.7 Å². The Balaban J connectivity index is 1.50. The van der Waals surface area contributed by atoms with Crippen molar-refractivity contribution in [3.8, 4) is 22.5 Å². The molecule has 0 bridgehead atoms. The molecule has 28 heavy (non-hydrogen) atoms. The number of rotatable bonds is 4. The second-order valence-electron chi connectivity index (χ2n) is 6.57. The first-order valence-electron chi connectivity index (χ1n) is 8.95. The Morgan fingerprint density at radius 1 is 1.39 bits per heavy atom. The number of nitrogens with zero attached hydrogens (tertiary/aromatic N) is 4. The van der Waals surface area contributed by atoms with E-state index in [1.54, 1.807) is 17.8 Å². The zero-order chi connectivity index (χ0) is 19.5. The van der Waals surface area contributed by atoms with Crippen LogP contribution in [0.4, 0.5) is 0 Å². The monoisotopic (exact) mass is 410 g/mol. The van der Waals surface area contributed by atoms with Gasteiger partial charge < -0.3 is 9.64 Å². The Morgan fingerprint density at radius 3 is 3.07 bits per heavy atom. The largest absolute Gasteiger partial charge is 0.472 e. The molecule has 1 amide bonds. The molecule has 1 atom stereocenters. The molecule has 1 aliphatic rings. The molecular formula is C20H18N4O2S2. The number of amides is 1. The summed E-state index contributed by atoms with van der Waals surface area (Å²) in [6.07, 6.45) is 3.16. The average Bonchev–Trinajstić information content (AvgIpc) is 3.41. The molecule has 4 rings (SSSR count). The molecule has 1 aliphatic heterocycles. The predicted octanol–water partition coefficient (Wildman–Crippen LogP) is 4.13. The van der Waals surface area contributed by atoms with Gasteiger partial charge in [-0.25, -0.2) is 9.97 Å². The molecule has 6 nitrogen and oxygen atoms in total. The molecular weight excluding hydrogens is 392 g/mol. The highest BCUT2D eigenvalue weighted by molar-refractivity contribution is 7.14. The number of likely N-dealkylation sites (tertiary alicyclic amines) is 1. The summed E-state index contributed by atoms with van der Waals surface area (Å²) in [6.45, 7) is 3.04. The van der Waals surface area contributed by atoms with Gasteiger partial charge in [0.1, 0.15) is 6.10 Å². The van der Waals surface area contributed by atoms with Gasteiger partial charge >= 0.3 is 0 Å². The SMILES string of the molecule is Cc1c(C#N)ccnc1O[C@@H]1CCCN(C(=O)c2ccsc2-c2cscn2)C1. The van der Waals surface area contributed by atoms with Crippen LogP contribution in [-0.2, 0) is 0 Å². The summed E-state index contributed by atoms with van der Waals surface area (Å²) in [7, 11) is 0. The maximum atomic E-state index is 13.1. The smallest absolute Gasteiger partial charge is 0.255 e. The number of hydrogen-bond acceptors (Lipinski definition) is 7. The maximum Gasteiger partial charge on any atom is 0.255 e. The normalized spacial score (nSPS) is 16.6. The Labute approximate surface area is 171 Å². The number of nitriles is 1. The van der Waals surface area contributed by atoms with Crippen molar-refractivity contribution in [3.63, 3.8) is 0 Å². The summed E-state index contributed by atoms with van der Waals surface area (Å²) in [4.78, 5) is 24.5. The molecule has 0 aromatic carbocycles. The van der Waals surface area contributed by atoms with Crippen LogP contribution in [0.3, 0.4) is 0 Å². The van der Waals surface area contributed by atoms with Crippen LogP contribution in [0.25, 0.3) is 10.6 Å². The average molecular weight is 411 g/mol. The molecule has 3 aromatic heterocycles. The molecule has 0 unspecified atom stereocenters. The molecule has 1 fully saturated rings. The van der Waals surface area contributed by atoms with Crippen LogP contribution < -0.4 is 4.74 Å². The van der Waals surface area contributed by atoms with E-state index >= 15 is 0 Å². The number of thiazole rings is 1. The summed E-state index contributed by atoms with van der Waals surface area (Å²) >= 11 is 3.05. The molecule has 0 saturated carbocycles. The second kappa shape index (κ2) is 8.09. The second-order valence-corrected chi connectivity index (χ2v) is 8.21. The van der Waals surface area contributed by atoms with Crippen LogP contribution in [0.5, 0.6) is 5.88 Å². The van der Waals surface area contributed by atoms with E-state index in [0.717, 1.165) is 29.0 Å².